The lowest BCUT2D eigenvalue weighted by Gasteiger charge is -2.09. The monoisotopic (exact) mass is 261 g/mol. The Morgan fingerprint density at radius 1 is 1.05 bits per heavy atom. The Labute approximate surface area is 117 Å². The number of benzene rings is 1. The van der Waals surface area contributed by atoms with Gasteiger partial charge in [0.1, 0.15) is 0 Å². The van der Waals surface area contributed by atoms with Gasteiger partial charge in [-0.2, -0.15) is 0 Å². The zero-order chi connectivity index (χ0) is 13.8. The van der Waals surface area contributed by atoms with Gasteiger partial charge in [0.25, 0.3) is 0 Å². The number of nitrogens with zero attached hydrogens (tertiary/aromatic N) is 1. The van der Waals surface area contributed by atoms with E-state index in [1.54, 1.807) is 0 Å². The summed E-state index contributed by atoms with van der Waals surface area (Å²) in [6.45, 7) is 1.74. The van der Waals surface area contributed by atoms with Crippen molar-refractivity contribution in [3.05, 3.63) is 35.9 Å². The molecule has 3 nitrogen and oxygen atoms in total. The molecule has 0 fully saturated rings. The number of nitrogens with two attached hydrogens (primary N) is 2. The number of hydrogen-bond acceptors (Lipinski definition) is 3. The molecule has 0 bridgehead atoms. The Morgan fingerprint density at radius 2 is 1.79 bits per heavy atom. The molecule has 0 saturated carbocycles. The van der Waals surface area contributed by atoms with Crippen LogP contribution in [0.4, 0.5) is 0 Å². The summed E-state index contributed by atoms with van der Waals surface area (Å²) in [4.78, 5) is 4.42. The molecular weight excluding hydrogens is 234 g/mol. The lowest BCUT2D eigenvalue weighted by molar-refractivity contribution is 0.651. The van der Waals surface area contributed by atoms with Crippen LogP contribution < -0.4 is 11.5 Å². The van der Waals surface area contributed by atoms with Gasteiger partial charge in [0.2, 0.25) is 0 Å². The van der Waals surface area contributed by atoms with Crippen molar-refractivity contribution < 1.29 is 0 Å². The summed E-state index contributed by atoms with van der Waals surface area (Å²) in [5.74, 6) is 0. The number of unbranched alkanes of at least 4 members (excludes halogenated alkanes) is 3. The van der Waals surface area contributed by atoms with Crippen LogP contribution in [-0.2, 0) is 0 Å². The third-order valence-corrected chi connectivity index (χ3v) is 3.20. The Hall–Kier alpha value is -1.19. The largest absolute Gasteiger partial charge is 0.330 e. The van der Waals surface area contributed by atoms with Crippen LogP contribution in [0.1, 0.15) is 50.1 Å². The fourth-order valence-electron chi connectivity index (χ4n) is 2.00. The lowest BCUT2D eigenvalue weighted by atomic mass is 10.0. The minimum Gasteiger partial charge on any atom is -0.330 e. The topological polar surface area (TPSA) is 64.4 Å². The van der Waals surface area contributed by atoms with Crippen LogP contribution >= 0.6 is 0 Å². The molecule has 1 atom stereocenters. The van der Waals surface area contributed by atoms with Gasteiger partial charge in [0, 0.05) is 12.6 Å². The van der Waals surface area contributed by atoms with E-state index in [0.717, 1.165) is 32.4 Å². The van der Waals surface area contributed by atoms with Gasteiger partial charge in [0.05, 0.1) is 0 Å². The summed E-state index contributed by atoms with van der Waals surface area (Å²) >= 11 is 0. The van der Waals surface area contributed by atoms with Crippen LogP contribution in [0.15, 0.2) is 35.3 Å². The first kappa shape index (κ1) is 15.9. The molecule has 19 heavy (non-hydrogen) atoms. The molecule has 106 valence electrons. The zero-order valence-corrected chi connectivity index (χ0v) is 11.8. The van der Waals surface area contributed by atoms with Gasteiger partial charge in [-0.3, -0.25) is 4.99 Å². The van der Waals surface area contributed by atoms with Crippen LogP contribution in [0.3, 0.4) is 0 Å². The maximum Gasteiger partial charge on any atom is 0.0385 e. The molecule has 1 aromatic carbocycles. The molecule has 0 heterocycles. The molecule has 0 aliphatic heterocycles. The smallest absolute Gasteiger partial charge is 0.0385 e. The number of rotatable bonds is 10. The summed E-state index contributed by atoms with van der Waals surface area (Å²) in [5.41, 5.74) is 12.8. The fourth-order valence-corrected chi connectivity index (χ4v) is 2.00. The molecule has 1 unspecified atom stereocenters. The van der Waals surface area contributed by atoms with Crippen molar-refractivity contribution in [3.8, 4) is 0 Å². The van der Waals surface area contributed by atoms with Crippen LogP contribution in [0.2, 0.25) is 0 Å². The van der Waals surface area contributed by atoms with E-state index in [0.29, 0.717) is 0 Å². The highest BCUT2D eigenvalue weighted by Gasteiger charge is 2.02. The van der Waals surface area contributed by atoms with E-state index in [-0.39, 0.29) is 6.04 Å². The molecule has 0 amide bonds. The van der Waals surface area contributed by atoms with Gasteiger partial charge in [-0.05, 0) is 44.0 Å². The van der Waals surface area contributed by atoms with Crippen molar-refractivity contribution in [3.63, 3.8) is 0 Å². The van der Waals surface area contributed by atoms with Gasteiger partial charge in [-0.15, -0.1) is 0 Å². The summed E-state index contributed by atoms with van der Waals surface area (Å²) in [6.07, 6.45) is 8.70. The van der Waals surface area contributed by atoms with E-state index in [4.69, 9.17) is 11.5 Å². The van der Waals surface area contributed by atoms with Crippen molar-refractivity contribution in [2.75, 3.05) is 13.1 Å². The highest BCUT2D eigenvalue weighted by molar-refractivity contribution is 5.57. The van der Waals surface area contributed by atoms with Gasteiger partial charge in [-0.1, -0.05) is 43.2 Å². The lowest BCUT2D eigenvalue weighted by Crippen LogP contribution is -2.09. The summed E-state index contributed by atoms with van der Waals surface area (Å²) < 4.78 is 0. The highest BCUT2D eigenvalue weighted by atomic mass is 14.7. The van der Waals surface area contributed by atoms with Crippen LogP contribution in [0.25, 0.3) is 0 Å². The second-order valence-corrected chi connectivity index (χ2v) is 4.89. The zero-order valence-electron chi connectivity index (χ0n) is 11.8. The first-order valence-corrected chi connectivity index (χ1v) is 7.33. The Kier molecular flexibility index (Phi) is 8.94. The number of aliphatic imine (C=N–C) groups is 1. The average molecular weight is 261 g/mol. The Morgan fingerprint density at radius 3 is 2.53 bits per heavy atom. The SMILES string of the molecule is NCCCCCCN=CCCC(N)c1ccccc1. The highest BCUT2D eigenvalue weighted by Crippen LogP contribution is 2.14. The van der Waals surface area contributed by atoms with Crippen molar-refractivity contribution in [2.24, 2.45) is 16.5 Å². The molecule has 0 aromatic heterocycles. The van der Waals surface area contributed by atoms with E-state index in [2.05, 4.69) is 17.1 Å². The van der Waals surface area contributed by atoms with E-state index < -0.39 is 0 Å². The molecular formula is C16H27N3. The minimum absolute atomic E-state index is 0.122. The Bertz CT molecular complexity index is 335. The molecule has 1 aromatic rings. The normalized spacial score (nSPS) is 12.9. The van der Waals surface area contributed by atoms with Gasteiger partial charge in [0.15, 0.2) is 0 Å². The quantitative estimate of drug-likeness (QED) is 0.502. The second-order valence-electron chi connectivity index (χ2n) is 4.89. The molecule has 1 rings (SSSR count). The second kappa shape index (κ2) is 10.7. The van der Waals surface area contributed by atoms with E-state index in [1.165, 1.54) is 24.8 Å². The van der Waals surface area contributed by atoms with Crippen molar-refractivity contribution >= 4 is 6.21 Å². The minimum atomic E-state index is 0.122. The Balaban J connectivity index is 2.03. The maximum atomic E-state index is 6.12. The van der Waals surface area contributed by atoms with Gasteiger partial charge >= 0.3 is 0 Å². The first-order valence-electron chi connectivity index (χ1n) is 7.33. The first-order chi connectivity index (χ1) is 9.34. The third-order valence-electron chi connectivity index (χ3n) is 3.20. The number of hydrogen-bond donors (Lipinski definition) is 2. The van der Waals surface area contributed by atoms with Crippen LogP contribution in [-0.4, -0.2) is 19.3 Å². The predicted octanol–water partition coefficient (Wildman–Crippen LogP) is 3.06. The van der Waals surface area contributed by atoms with Crippen molar-refractivity contribution in [2.45, 2.75) is 44.6 Å². The molecule has 0 saturated heterocycles. The summed E-state index contributed by atoms with van der Waals surface area (Å²) in [6, 6.07) is 10.4. The van der Waals surface area contributed by atoms with E-state index >= 15 is 0 Å². The molecule has 0 aliphatic rings. The predicted molar refractivity (Wildman–Crippen MR) is 83.5 cm³/mol. The van der Waals surface area contributed by atoms with Crippen LogP contribution in [0, 0.1) is 0 Å². The fraction of sp³-hybridized carbons (Fsp3) is 0.562. The molecule has 3 heteroatoms. The van der Waals surface area contributed by atoms with E-state index in [1.807, 2.05) is 24.4 Å². The summed E-state index contributed by atoms with van der Waals surface area (Å²) in [5, 5.41) is 0. The average Bonchev–Trinajstić information content (AvgIpc) is 2.46. The van der Waals surface area contributed by atoms with Gasteiger partial charge in [-0.25, -0.2) is 0 Å². The maximum absolute atomic E-state index is 6.12. The van der Waals surface area contributed by atoms with Crippen LogP contribution in [0.5, 0.6) is 0 Å². The molecule has 0 spiro atoms. The molecule has 4 N–H and O–H groups in total. The molecule has 0 aliphatic carbocycles. The standard InChI is InChI=1S/C16H27N3/c17-12-6-1-2-7-13-19-14-8-11-16(18)15-9-4-3-5-10-15/h3-5,9-10,14,16H,1-2,6-8,11-13,17-18H2. The van der Waals surface area contributed by atoms with Crippen molar-refractivity contribution in [1.29, 1.82) is 0 Å². The van der Waals surface area contributed by atoms with E-state index in [9.17, 15) is 0 Å². The molecule has 0 radical (unpaired) electrons. The summed E-state index contributed by atoms with van der Waals surface area (Å²) in [7, 11) is 0. The van der Waals surface area contributed by atoms with Gasteiger partial charge < -0.3 is 11.5 Å². The van der Waals surface area contributed by atoms with Crippen molar-refractivity contribution in [1.82, 2.24) is 0 Å². The third kappa shape index (κ3) is 7.75.